The predicted octanol–water partition coefficient (Wildman–Crippen LogP) is 3.93. The molecule has 0 spiro atoms. The van der Waals surface area contributed by atoms with Crippen molar-refractivity contribution >= 4 is 11.6 Å². The molecule has 1 unspecified atom stereocenters. The fourth-order valence-electron chi connectivity index (χ4n) is 2.03. The van der Waals surface area contributed by atoms with E-state index in [0.717, 1.165) is 22.3 Å². The van der Waals surface area contributed by atoms with Gasteiger partial charge >= 0.3 is 0 Å². The standard InChI is InChI=1S/C15H15ClO/c1-11-13(12-6-3-2-4-7-12)8-5-9-14(11)15(17)10-16/h2-9,15,17H,10H2,1H3. The second kappa shape index (κ2) is 5.35. The zero-order chi connectivity index (χ0) is 12.3. The van der Waals surface area contributed by atoms with Crippen LogP contribution in [0.3, 0.4) is 0 Å². The third-order valence-corrected chi connectivity index (χ3v) is 3.26. The van der Waals surface area contributed by atoms with Crippen LogP contribution in [0.15, 0.2) is 48.5 Å². The molecule has 0 aromatic heterocycles. The molecule has 0 saturated carbocycles. The van der Waals surface area contributed by atoms with E-state index in [1.54, 1.807) is 0 Å². The van der Waals surface area contributed by atoms with Crippen molar-refractivity contribution in [3.05, 3.63) is 59.7 Å². The first-order valence-electron chi connectivity index (χ1n) is 5.63. The SMILES string of the molecule is Cc1c(-c2ccccc2)cccc1C(O)CCl. The molecule has 0 saturated heterocycles. The first kappa shape index (κ1) is 12.2. The van der Waals surface area contributed by atoms with E-state index < -0.39 is 6.10 Å². The van der Waals surface area contributed by atoms with Crippen LogP contribution in [0.1, 0.15) is 17.2 Å². The average molecular weight is 247 g/mol. The van der Waals surface area contributed by atoms with Crippen molar-refractivity contribution in [3.8, 4) is 11.1 Å². The van der Waals surface area contributed by atoms with Crippen molar-refractivity contribution in [2.75, 3.05) is 5.88 Å². The summed E-state index contributed by atoms with van der Waals surface area (Å²) >= 11 is 5.71. The van der Waals surface area contributed by atoms with Crippen LogP contribution in [0.25, 0.3) is 11.1 Å². The van der Waals surface area contributed by atoms with Crippen molar-refractivity contribution in [2.24, 2.45) is 0 Å². The minimum atomic E-state index is -0.597. The second-order valence-electron chi connectivity index (χ2n) is 4.06. The van der Waals surface area contributed by atoms with E-state index >= 15 is 0 Å². The molecule has 0 aliphatic carbocycles. The van der Waals surface area contributed by atoms with Crippen LogP contribution in [-0.4, -0.2) is 11.0 Å². The Morgan fingerprint density at radius 3 is 2.41 bits per heavy atom. The molecule has 2 heteroatoms. The van der Waals surface area contributed by atoms with Crippen LogP contribution in [0.4, 0.5) is 0 Å². The second-order valence-corrected chi connectivity index (χ2v) is 4.36. The lowest BCUT2D eigenvalue weighted by Gasteiger charge is -2.14. The third kappa shape index (κ3) is 2.51. The monoisotopic (exact) mass is 246 g/mol. The summed E-state index contributed by atoms with van der Waals surface area (Å²) in [6.07, 6.45) is -0.597. The molecule has 1 nitrogen and oxygen atoms in total. The lowest BCUT2D eigenvalue weighted by atomic mass is 9.94. The van der Waals surface area contributed by atoms with Gasteiger partial charge in [0, 0.05) is 0 Å². The number of hydrogen-bond acceptors (Lipinski definition) is 1. The molecule has 0 bridgehead atoms. The Balaban J connectivity index is 2.50. The summed E-state index contributed by atoms with van der Waals surface area (Å²) in [5, 5.41) is 9.85. The number of aliphatic hydroxyl groups is 1. The number of alkyl halides is 1. The molecule has 0 fully saturated rings. The Morgan fingerprint density at radius 2 is 1.76 bits per heavy atom. The number of aliphatic hydroxyl groups excluding tert-OH is 1. The Labute approximate surface area is 107 Å². The van der Waals surface area contributed by atoms with Gasteiger partial charge in [0.15, 0.2) is 0 Å². The van der Waals surface area contributed by atoms with E-state index in [4.69, 9.17) is 11.6 Å². The maximum Gasteiger partial charge on any atom is 0.0928 e. The largest absolute Gasteiger partial charge is 0.387 e. The van der Waals surface area contributed by atoms with Crippen LogP contribution in [0.5, 0.6) is 0 Å². The molecule has 0 heterocycles. The lowest BCUT2D eigenvalue weighted by molar-refractivity contribution is 0.202. The van der Waals surface area contributed by atoms with Crippen molar-refractivity contribution in [3.63, 3.8) is 0 Å². The Kier molecular flexibility index (Phi) is 3.82. The van der Waals surface area contributed by atoms with Crippen molar-refractivity contribution in [1.29, 1.82) is 0 Å². The summed E-state index contributed by atoms with van der Waals surface area (Å²) in [6.45, 7) is 2.02. The molecular weight excluding hydrogens is 232 g/mol. The van der Waals surface area contributed by atoms with E-state index in [1.807, 2.05) is 37.3 Å². The minimum Gasteiger partial charge on any atom is -0.387 e. The highest BCUT2D eigenvalue weighted by molar-refractivity contribution is 6.18. The Morgan fingerprint density at radius 1 is 1.06 bits per heavy atom. The summed E-state index contributed by atoms with van der Waals surface area (Å²) in [5.74, 6) is 0.221. The summed E-state index contributed by atoms with van der Waals surface area (Å²) in [7, 11) is 0. The lowest BCUT2D eigenvalue weighted by Crippen LogP contribution is -2.02. The quantitative estimate of drug-likeness (QED) is 0.814. The van der Waals surface area contributed by atoms with Gasteiger partial charge < -0.3 is 5.11 Å². The fourth-order valence-corrected chi connectivity index (χ4v) is 2.19. The van der Waals surface area contributed by atoms with E-state index in [9.17, 15) is 5.11 Å². The van der Waals surface area contributed by atoms with Crippen LogP contribution >= 0.6 is 11.6 Å². The zero-order valence-electron chi connectivity index (χ0n) is 9.73. The van der Waals surface area contributed by atoms with Gasteiger partial charge in [-0.3, -0.25) is 0 Å². The zero-order valence-corrected chi connectivity index (χ0v) is 10.5. The van der Waals surface area contributed by atoms with Crippen molar-refractivity contribution in [1.82, 2.24) is 0 Å². The number of rotatable bonds is 3. The highest BCUT2D eigenvalue weighted by Gasteiger charge is 2.12. The van der Waals surface area contributed by atoms with Gasteiger partial charge in [-0.2, -0.15) is 0 Å². The highest BCUT2D eigenvalue weighted by atomic mass is 35.5. The van der Waals surface area contributed by atoms with Gasteiger partial charge in [-0.1, -0.05) is 48.5 Å². The molecule has 88 valence electrons. The smallest absolute Gasteiger partial charge is 0.0928 e. The molecule has 1 N–H and O–H groups in total. The number of hydrogen-bond donors (Lipinski definition) is 1. The number of halogens is 1. The first-order valence-corrected chi connectivity index (χ1v) is 6.16. The van der Waals surface area contributed by atoms with Gasteiger partial charge in [0.2, 0.25) is 0 Å². The molecule has 0 amide bonds. The molecule has 17 heavy (non-hydrogen) atoms. The molecule has 2 rings (SSSR count). The maximum absolute atomic E-state index is 9.85. The summed E-state index contributed by atoms with van der Waals surface area (Å²) in [6, 6.07) is 16.1. The van der Waals surface area contributed by atoms with Crippen LogP contribution in [-0.2, 0) is 0 Å². The first-order chi connectivity index (χ1) is 8.24. The molecule has 0 aliphatic rings. The molecule has 0 aliphatic heterocycles. The van der Waals surface area contributed by atoms with E-state index in [1.165, 1.54) is 0 Å². The van der Waals surface area contributed by atoms with Gasteiger partial charge in [-0.15, -0.1) is 11.6 Å². The normalized spacial score (nSPS) is 12.4. The third-order valence-electron chi connectivity index (χ3n) is 2.97. The van der Waals surface area contributed by atoms with Crippen LogP contribution < -0.4 is 0 Å². The highest BCUT2D eigenvalue weighted by Crippen LogP contribution is 2.28. The molecule has 2 aromatic carbocycles. The molecule has 2 aromatic rings. The van der Waals surface area contributed by atoms with E-state index in [0.29, 0.717) is 0 Å². The van der Waals surface area contributed by atoms with Crippen LogP contribution in [0.2, 0.25) is 0 Å². The van der Waals surface area contributed by atoms with Crippen LogP contribution in [0, 0.1) is 6.92 Å². The molecule has 1 atom stereocenters. The van der Waals surface area contributed by atoms with Gasteiger partial charge in [0.1, 0.15) is 0 Å². The van der Waals surface area contributed by atoms with Gasteiger partial charge in [-0.05, 0) is 29.2 Å². The topological polar surface area (TPSA) is 20.2 Å². The minimum absolute atomic E-state index is 0.221. The van der Waals surface area contributed by atoms with Crippen molar-refractivity contribution in [2.45, 2.75) is 13.0 Å². The Bertz CT molecular complexity index is 494. The summed E-state index contributed by atoms with van der Waals surface area (Å²) in [5.41, 5.74) is 4.30. The predicted molar refractivity (Wildman–Crippen MR) is 72.3 cm³/mol. The van der Waals surface area contributed by atoms with E-state index in [-0.39, 0.29) is 5.88 Å². The van der Waals surface area contributed by atoms with Gasteiger partial charge in [0.25, 0.3) is 0 Å². The van der Waals surface area contributed by atoms with Gasteiger partial charge in [-0.25, -0.2) is 0 Å². The van der Waals surface area contributed by atoms with Crippen molar-refractivity contribution < 1.29 is 5.11 Å². The molecule has 0 radical (unpaired) electrons. The molecular formula is C15H15ClO. The Hall–Kier alpha value is -1.31. The average Bonchev–Trinajstić information content (AvgIpc) is 2.39. The van der Waals surface area contributed by atoms with E-state index in [2.05, 4.69) is 18.2 Å². The van der Waals surface area contributed by atoms with Gasteiger partial charge in [0.05, 0.1) is 12.0 Å². The summed E-state index contributed by atoms with van der Waals surface area (Å²) < 4.78 is 0. The summed E-state index contributed by atoms with van der Waals surface area (Å²) in [4.78, 5) is 0. The fraction of sp³-hybridized carbons (Fsp3) is 0.200. The maximum atomic E-state index is 9.85. The number of benzene rings is 2.